The van der Waals surface area contributed by atoms with Crippen LogP contribution in [0, 0.1) is 0 Å². The molecular formula is C12H17NO2S. The first-order valence-corrected chi connectivity index (χ1v) is 6.90. The number of rotatable bonds is 3. The van der Waals surface area contributed by atoms with Crippen molar-refractivity contribution in [2.75, 3.05) is 13.1 Å². The van der Waals surface area contributed by atoms with Crippen molar-refractivity contribution in [3.8, 4) is 0 Å². The van der Waals surface area contributed by atoms with Gasteiger partial charge in [-0.1, -0.05) is 24.3 Å². The first-order valence-electron chi connectivity index (χ1n) is 5.63. The van der Waals surface area contributed by atoms with Crippen molar-refractivity contribution >= 4 is 11.1 Å². The second kappa shape index (κ2) is 5.57. The van der Waals surface area contributed by atoms with E-state index in [1.807, 2.05) is 12.1 Å². The van der Waals surface area contributed by atoms with Crippen LogP contribution in [0.3, 0.4) is 0 Å². The van der Waals surface area contributed by atoms with Crippen LogP contribution in [0.4, 0.5) is 0 Å². The Morgan fingerprint density at radius 2 is 2.12 bits per heavy atom. The molecule has 0 radical (unpaired) electrons. The summed E-state index contributed by atoms with van der Waals surface area (Å²) in [6, 6.07) is 8.10. The van der Waals surface area contributed by atoms with Crippen molar-refractivity contribution in [2.45, 2.75) is 24.5 Å². The van der Waals surface area contributed by atoms with Crippen LogP contribution in [-0.4, -0.2) is 21.9 Å². The average Bonchev–Trinajstić information content (AvgIpc) is 2.30. The molecule has 0 aliphatic carbocycles. The standard InChI is InChI=1S/C12H17NO2S/c14-16(15)9-10-2-1-3-12(8-10)11-4-6-13-7-5-11/h1-3,8,11,13H,4-7,9H2,(H,14,15). The molecule has 1 atom stereocenters. The second-order valence-corrected chi connectivity index (χ2v) is 5.17. The van der Waals surface area contributed by atoms with Gasteiger partial charge in [0, 0.05) is 0 Å². The van der Waals surface area contributed by atoms with Gasteiger partial charge in [0.15, 0.2) is 11.1 Å². The summed E-state index contributed by atoms with van der Waals surface area (Å²) in [4.78, 5) is 0. The van der Waals surface area contributed by atoms with Crippen LogP contribution < -0.4 is 5.32 Å². The van der Waals surface area contributed by atoms with Gasteiger partial charge in [0.2, 0.25) is 0 Å². The molecule has 3 nitrogen and oxygen atoms in total. The lowest BCUT2D eigenvalue weighted by atomic mass is 9.89. The quantitative estimate of drug-likeness (QED) is 0.792. The molecule has 2 rings (SSSR count). The lowest BCUT2D eigenvalue weighted by Crippen LogP contribution is -2.26. The van der Waals surface area contributed by atoms with Crippen LogP contribution in [0.5, 0.6) is 0 Å². The topological polar surface area (TPSA) is 49.3 Å². The highest BCUT2D eigenvalue weighted by molar-refractivity contribution is 7.78. The lowest BCUT2D eigenvalue weighted by Gasteiger charge is -2.23. The van der Waals surface area contributed by atoms with E-state index in [1.54, 1.807) is 0 Å². The van der Waals surface area contributed by atoms with E-state index in [4.69, 9.17) is 4.55 Å². The van der Waals surface area contributed by atoms with E-state index in [-0.39, 0.29) is 5.75 Å². The van der Waals surface area contributed by atoms with E-state index >= 15 is 0 Å². The zero-order valence-electron chi connectivity index (χ0n) is 9.19. The molecule has 0 saturated carbocycles. The Hall–Kier alpha value is -0.710. The normalized spacial score (nSPS) is 19.6. The van der Waals surface area contributed by atoms with Gasteiger partial charge in [0.05, 0.1) is 5.75 Å². The van der Waals surface area contributed by atoms with Crippen LogP contribution in [-0.2, 0) is 16.8 Å². The number of hydrogen-bond donors (Lipinski definition) is 2. The molecule has 88 valence electrons. The van der Waals surface area contributed by atoms with Gasteiger partial charge in [0.25, 0.3) is 0 Å². The van der Waals surface area contributed by atoms with Crippen molar-refractivity contribution in [1.82, 2.24) is 5.32 Å². The molecular weight excluding hydrogens is 222 g/mol. The molecule has 1 fully saturated rings. The van der Waals surface area contributed by atoms with Crippen LogP contribution in [0.25, 0.3) is 0 Å². The third kappa shape index (κ3) is 3.14. The lowest BCUT2D eigenvalue weighted by molar-refractivity contribution is 0.460. The van der Waals surface area contributed by atoms with Crippen LogP contribution in [0.1, 0.15) is 29.9 Å². The third-order valence-corrected chi connectivity index (χ3v) is 3.63. The van der Waals surface area contributed by atoms with E-state index < -0.39 is 11.1 Å². The molecule has 1 aromatic rings. The van der Waals surface area contributed by atoms with Gasteiger partial charge in [-0.2, -0.15) is 0 Å². The Morgan fingerprint density at radius 3 is 2.81 bits per heavy atom. The summed E-state index contributed by atoms with van der Waals surface area (Å²) in [5.41, 5.74) is 2.27. The van der Waals surface area contributed by atoms with Gasteiger partial charge in [-0.05, 0) is 43.0 Å². The van der Waals surface area contributed by atoms with Crippen molar-refractivity contribution in [1.29, 1.82) is 0 Å². The molecule has 1 aromatic carbocycles. The highest BCUT2D eigenvalue weighted by atomic mass is 32.2. The number of nitrogens with one attached hydrogen (secondary N) is 1. The van der Waals surface area contributed by atoms with E-state index in [2.05, 4.69) is 17.4 Å². The first-order chi connectivity index (χ1) is 7.75. The zero-order valence-corrected chi connectivity index (χ0v) is 10.0. The average molecular weight is 239 g/mol. The Kier molecular flexibility index (Phi) is 4.09. The minimum atomic E-state index is -1.74. The number of hydrogen-bond acceptors (Lipinski definition) is 2. The Balaban J connectivity index is 2.11. The highest BCUT2D eigenvalue weighted by Crippen LogP contribution is 2.25. The fourth-order valence-corrected chi connectivity index (χ4v) is 2.70. The Bertz CT molecular complexity index is 375. The Morgan fingerprint density at radius 1 is 1.38 bits per heavy atom. The minimum absolute atomic E-state index is 0.235. The first kappa shape index (κ1) is 11.8. The molecule has 16 heavy (non-hydrogen) atoms. The predicted octanol–water partition coefficient (Wildman–Crippen LogP) is 1.88. The predicted molar refractivity (Wildman–Crippen MR) is 65.8 cm³/mol. The molecule has 0 aromatic heterocycles. The molecule has 0 amide bonds. The molecule has 1 heterocycles. The third-order valence-electron chi connectivity index (χ3n) is 3.05. The van der Waals surface area contributed by atoms with Crippen molar-refractivity contribution < 1.29 is 8.76 Å². The summed E-state index contributed by atoms with van der Waals surface area (Å²) in [6.45, 7) is 2.14. The van der Waals surface area contributed by atoms with E-state index in [9.17, 15) is 4.21 Å². The monoisotopic (exact) mass is 239 g/mol. The maximum absolute atomic E-state index is 10.8. The molecule has 1 saturated heterocycles. The molecule has 1 aliphatic rings. The van der Waals surface area contributed by atoms with Crippen molar-refractivity contribution in [3.05, 3.63) is 35.4 Å². The van der Waals surface area contributed by atoms with Gasteiger partial charge in [-0.15, -0.1) is 0 Å². The maximum Gasteiger partial charge on any atom is 0.157 e. The summed E-state index contributed by atoms with van der Waals surface area (Å²) in [7, 11) is 0. The molecule has 0 spiro atoms. The molecule has 0 bridgehead atoms. The molecule has 1 aliphatic heterocycles. The van der Waals surface area contributed by atoms with Crippen molar-refractivity contribution in [3.63, 3.8) is 0 Å². The molecule has 1 unspecified atom stereocenters. The number of piperidine rings is 1. The summed E-state index contributed by atoms with van der Waals surface area (Å²) >= 11 is -1.74. The zero-order chi connectivity index (χ0) is 11.4. The minimum Gasteiger partial charge on any atom is -0.317 e. The summed E-state index contributed by atoms with van der Waals surface area (Å²) in [5, 5.41) is 3.34. The van der Waals surface area contributed by atoms with Gasteiger partial charge >= 0.3 is 0 Å². The molecule has 4 heteroatoms. The number of benzene rings is 1. The molecule has 2 N–H and O–H groups in total. The fraction of sp³-hybridized carbons (Fsp3) is 0.500. The van der Waals surface area contributed by atoms with E-state index in [1.165, 1.54) is 5.56 Å². The summed E-state index contributed by atoms with van der Waals surface area (Å²) < 4.78 is 19.6. The van der Waals surface area contributed by atoms with Gasteiger partial charge in [-0.25, -0.2) is 4.21 Å². The van der Waals surface area contributed by atoms with Crippen LogP contribution in [0.2, 0.25) is 0 Å². The maximum atomic E-state index is 10.8. The van der Waals surface area contributed by atoms with Gasteiger partial charge < -0.3 is 9.87 Å². The fourth-order valence-electron chi connectivity index (χ4n) is 2.23. The largest absolute Gasteiger partial charge is 0.317 e. The van der Waals surface area contributed by atoms with Gasteiger partial charge in [-0.3, -0.25) is 0 Å². The van der Waals surface area contributed by atoms with Crippen LogP contribution >= 0.6 is 0 Å². The second-order valence-electron chi connectivity index (χ2n) is 4.24. The van der Waals surface area contributed by atoms with E-state index in [0.717, 1.165) is 31.5 Å². The SMILES string of the molecule is O=S(O)Cc1cccc(C2CCNCC2)c1. The van der Waals surface area contributed by atoms with Gasteiger partial charge in [0.1, 0.15) is 0 Å². The summed E-state index contributed by atoms with van der Waals surface area (Å²) in [5.74, 6) is 0.840. The smallest absolute Gasteiger partial charge is 0.157 e. The van der Waals surface area contributed by atoms with Crippen molar-refractivity contribution in [2.24, 2.45) is 0 Å². The highest BCUT2D eigenvalue weighted by Gasteiger charge is 2.15. The van der Waals surface area contributed by atoms with E-state index in [0.29, 0.717) is 5.92 Å². The summed E-state index contributed by atoms with van der Waals surface area (Å²) in [6.07, 6.45) is 2.32. The Labute approximate surface area is 98.5 Å². The van der Waals surface area contributed by atoms with Crippen LogP contribution in [0.15, 0.2) is 24.3 Å².